The average molecular weight is 334 g/mol. The van der Waals surface area contributed by atoms with E-state index in [0.29, 0.717) is 24.7 Å². The second kappa shape index (κ2) is 6.19. The largest absolute Gasteiger partial charge is 0.416 e. The monoisotopic (exact) mass is 334 g/mol. The molecule has 0 unspecified atom stereocenters. The Balaban J connectivity index is 1.77. The normalized spacial score (nSPS) is 16.2. The molecule has 2 aromatic rings. The van der Waals surface area contributed by atoms with Crippen LogP contribution in [0.4, 0.5) is 18.9 Å². The zero-order chi connectivity index (χ0) is 17.3. The summed E-state index contributed by atoms with van der Waals surface area (Å²) in [6.07, 6.45) is -0.904. The van der Waals surface area contributed by atoms with Gasteiger partial charge in [0.05, 0.1) is 16.8 Å². The van der Waals surface area contributed by atoms with Crippen LogP contribution in [0.15, 0.2) is 30.5 Å². The second-order valence-corrected chi connectivity index (χ2v) is 5.98. The highest BCUT2D eigenvalue weighted by Crippen LogP contribution is 2.35. The van der Waals surface area contributed by atoms with Crippen LogP contribution < -0.4 is 4.90 Å². The SMILES string of the molecule is Cn1nccc1C1CCN(c2ccc(C(F)(F)F)cc2C#N)CC1. The van der Waals surface area contributed by atoms with Crippen molar-refractivity contribution in [2.75, 3.05) is 18.0 Å². The van der Waals surface area contributed by atoms with Gasteiger partial charge in [0, 0.05) is 37.9 Å². The first-order chi connectivity index (χ1) is 11.4. The lowest BCUT2D eigenvalue weighted by Gasteiger charge is -2.34. The molecule has 0 amide bonds. The van der Waals surface area contributed by atoms with Gasteiger partial charge in [0.25, 0.3) is 0 Å². The summed E-state index contributed by atoms with van der Waals surface area (Å²) < 4.78 is 40.2. The predicted octanol–water partition coefficient (Wildman–Crippen LogP) is 3.69. The summed E-state index contributed by atoms with van der Waals surface area (Å²) in [5, 5.41) is 13.4. The van der Waals surface area contributed by atoms with Crippen LogP contribution in [-0.2, 0) is 13.2 Å². The molecular weight excluding hydrogens is 317 g/mol. The van der Waals surface area contributed by atoms with Gasteiger partial charge >= 0.3 is 6.18 Å². The number of nitriles is 1. The van der Waals surface area contributed by atoms with Crippen molar-refractivity contribution in [2.45, 2.75) is 24.9 Å². The Bertz CT molecular complexity index is 765. The molecular formula is C17H17F3N4. The number of nitrogens with zero attached hydrogens (tertiary/aromatic N) is 4. The van der Waals surface area contributed by atoms with Crippen LogP contribution >= 0.6 is 0 Å². The maximum Gasteiger partial charge on any atom is 0.416 e. The van der Waals surface area contributed by atoms with Crippen molar-refractivity contribution in [3.63, 3.8) is 0 Å². The molecule has 1 fully saturated rings. The number of halogens is 3. The van der Waals surface area contributed by atoms with Crippen molar-refractivity contribution in [2.24, 2.45) is 7.05 Å². The maximum absolute atomic E-state index is 12.8. The van der Waals surface area contributed by atoms with E-state index in [4.69, 9.17) is 0 Å². The molecule has 7 heteroatoms. The topological polar surface area (TPSA) is 44.9 Å². The number of anilines is 1. The third-order valence-electron chi connectivity index (χ3n) is 4.56. The molecule has 0 aliphatic carbocycles. The predicted molar refractivity (Wildman–Crippen MR) is 83.6 cm³/mol. The number of aryl methyl sites for hydroxylation is 1. The van der Waals surface area contributed by atoms with E-state index in [2.05, 4.69) is 5.10 Å². The van der Waals surface area contributed by atoms with E-state index in [1.54, 1.807) is 6.20 Å². The Morgan fingerprint density at radius 2 is 1.92 bits per heavy atom. The zero-order valence-electron chi connectivity index (χ0n) is 13.2. The number of benzene rings is 1. The van der Waals surface area contributed by atoms with Crippen LogP contribution in [0.5, 0.6) is 0 Å². The number of hydrogen-bond donors (Lipinski definition) is 0. The van der Waals surface area contributed by atoms with Gasteiger partial charge < -0.3 is 4.90 Å². The Labute approximate surface area is 138 Å². The summed E-state index contributed by atoms with van der Waals surface area (Å²) in [4.78, 5) is 1.99. The molecule has 24 heavy (non-hydrogen) atoms. The quantitative estimate of drug-likeness (QED) is 0.841. The highest BCUT2D eigenvalue weighted by Gasteiger charge is 2.32. The Hall–Kier alpha value is -2.49. The highest BCUT2D eigenvalue weighted by molar-refractivity contribution is 5.61. The fraction of sp³-hybridized carbons (Fsp3) is 0.412. The van der Waals surface area contributed by atoms with E-state index in [0.717, 1.165) is 25.0 Å². The van der Waals surface area contributed by atoms with E-state index >= 15 is 0 Å². The molecule has 126 valence electrons. The van der Waals surface area contributed by atoms with Crippen molar-refractivity contribution < 1.29 is 13.2 Å². The van der Waals surface area contributed by atoms with Gasteiger partial charge in [-0.3, -0.25) is 4.68 Å². The summed E-state index contributed by atoms with van der Waals surface area (Å²) in [5.41, 5.74) is 1.04. The van der Waals surface area contributed by atoms with Crippen molar-refractivity contribution in [3.8, 4) is 6.07 Å². The van der Waals surface area contributed by atoms with Gasteiger partial charge in [0.2, 0.25) is 0 Å². The molecule has 0 spiro atoms. The smallest absolute Gasteiger partial charge is 0.370 e. The molecule has 0 saturated carbocycles. The van der Waals surface area contributed by atoms with E-state index < -0.39 is 11.7 Å². The highest BCUT2D eigenvalue weighted by atomic mass is 19.4. The molecule has 0 N–H and O–H groups in total. The van der Waals surface area contributed by atoms with Crippen LogP contribution in [0.2, 0.25) is 0 Å². The molecule has 1 aliphatic rings. The average Bonchev–Trinajstić information content (AvgIpc) is 2.99. The first-order valence-corrected chi connectivity index (χ1v) is 7.74. The molecule has 1 aromatic carbocycles. The summed E-state index contributed by atoms with van der Waals surface area (Å²) in [6.45, 7) is 1.41. The minimum atomic E-state index is -4.43. The minimum absolute atomic E-state index is 0.0730. The van der Waals surface area contributed by atoms with Gasteiger partial charge in [-0.1, -0.05) is 0 Å². The van der Waals surface area contributed by atoms with Crippen LogP contribution in [0.1, 0.15) is 35.6 Å². The van der Waals surface area contributed by atoms with E-state index in [1.165, 1.54) is 11.8 Å². The fourth-order valence-electron chi connectivity index (χ4n) is 3.28. The molecule has 4 nitrogen and oxygen atoms in total. The summed E-state index contributed by atoms with van der Waals surface area (Å²) >= 11 is 0. The number of alkyl halides is 3. The van der Waals surface area contributed by atoms with E-state index in [1.807, 2.05) is 28.8 Å². The van der Waals surface area contributed by atoms with Gasteiger partial charge in [0.1, 0.15) is 6.07 Å². The van der Waals surface area contributed by atoms with Crippen LogP contribution in [0, 0.1) is 11.3 Å². The van der Waals surface area contributed by atoms with Gasteiger partial charge in [-0.2, -0.15) is 23.5 Å². The van der Waals surface area contributed by atoms with Crippen LogP contribution in [0.25, 0.3) is 0 Å². The van der Waals surface area contributed by atoms with Crippen molar-refractivity contribution in [3.05, 3.63) is 47.3 Å². The van der Waals surface area contributed by atoms with Crippen LogP contribution in [0.3, 0.4) is 0 Å². The Kier molecular flexibility index (Phi) is 4.22. The zero-order valence-corrected chi connectivity index (χ0v) is 13.2. The molecule has 3 rings (SSSR count). The van der Waals surface area contributed by atoms with E-state index in [-0.39, 0.29) is 5.56 Å². The third-order valence-corrected chi connectivity index (χ3v) is 4.56. The lowest BCUT2D eigenvalue weighted by atomic mass is 9.92. The molecule has 0 atom stereocenters. The second-order valence-electron chi connectivity index (χ2n) is 5.98. The Morgan fingerprint density at radius 1 is 1.21 bits per heavy atom. The van der Waals surface area contributed by atoms with Crippen molar-refractivity contribution in [1.29, 1.82) is 5.26 Å². The van der Waals surface area contributed by atoms with Gasteiger partial charge in [-0.15, -0.1) is 0 Å². The van der Waals surface area contributed by atoms with Crippen LogP contribution in [-0.4, -0.2) is 22.9 Å². The van der Waals surface area contributed by atoms with E-state index in [9.17, 15) is 18.4 Å². The first kappa shape index (κ1) is 16.4. The lowest BCUT2D eigenvalue weighted by molar-refractivity contribution is -0.137. The number of rotatable bonds is 2. The molecule has 2 heterocycles. The maximum atomic E-state index is 12.8. The Morgan fingerprint density at radius 3 is 2.46 bits per heavy atom. The summed E-state index contributed by atoms with van der Waals surface area (Å²) in [7, 11) is 1.91. The first-order valence-electron chi connectivity index (χ1n) is 7.74. The van der Waals surface area contributed by atoms with Crippen molar-refractivity contribution in [1.82, 2.24) is 9.78 Å². The number of aromatic nitrogens is 2. The molecule has 1 aromatic heterocycles. The standard InChI is InChI=1S/C17H17F3N4/c1-23-15(4-7-22-23)12-5-8-24(9-6-12)16-3-2-14(17(18,19)20)10-13(16)11-21/h2-4,7,10,12H,5-6,8-9H2,1H3. The number of hydrogen-bond acceptors (Lipinski definition) is 3. The lowest BCUT2D eigenvalue weighted by Crippen LogP contribution is -2.34. The fourth-order valence-corrected chi connectivity index (χ4v) is 3.28. The summed E-state index contributed by atoms with van der Waals surface area (Å²) in [5.74, 6) is 0.383. The molecule has 0 radical (unpaired) electrons. The molecule has 1 aliphatic heterocycles. The van der Waals surface area contributed by atoms with Gasteiger partial charge in [-0.05, 0) is 37.1 Å². The third kappa shape index (κ3) is 3.09. The number of piperidine rings is 1. The van der Waals surface area contributed by atoms with Gasteiger partial charge in [-0.25, -0.2) is 0 Å². The van der Waals surface area contributed by atoms with Gasteiger partial charge in [0.15, 0.2) is 0 Å². The molecule has 1 saturated heterocycles. The molecule has 0 bridgehead atoms. The van der Waals surface area contributed by atoms with Crippen molar-refractivity contribution >= 4 is 5.69 Å². The summed E-state index contributed by atoms with van der Waals surface area (Å²) in [6, 6.07) is 7.28. The minimum Gasteiger partial charge on any atom is -0.370 e.